The van der Waals surface area contributed by atoms with Crippen molar-refractivity contribution in [3.63, 3.8) is 0 Å². The van der Waals surface area contributed by atoms with Crippen molar-refractivity contribution in [3.05, 3.63) is 0 Å². The van der Waals surface area contributed by atoms with Gasteiger partial charge in [-0.1, -0.05) is 96.8 Å². The average Bonchev–Trinajstić information content (AvgIpc) is 2.58. The maximum absolute atomic E-state index is 11.4. The topological polar surface area (TPSA) is 43.4 Å². The number of carbonyl (C=O) groups is 2. The van der Waals surface area contributed by atoms with E-state index in [0.717, 1.165) is 12.8 Å². The van der Waals surface area contributed by atoms with Gasteiger partial charge in [0.1, 0.15) is 12.2 Å². The zero-order chi connectivity index (χ0) is 17.9. The standard InChI is InChI=1S/C21H40O3.Cu/c1-3-4-5-6-7-8-9-10-11-12-13-14-15-16-17-18-20(22)19-21(23)24-2;/h3-19H2,1-2H3;/q;+2. The van der Waals surface area contributed by atoms with Crippen molar-refractivity contribution in [2.75, 3.05) is 7.11 Å². The first-order valence-electron chi connectivity index (χ1n) is 10.3. The van der Waals surface area contributed by atoms with Gasteiger partial charge in [-0.05, 0) is 6.42 Å². The van der Waals surface area contributed by atoms with Crippen molar-refractivity contribution in [1.82, 2.24) is 0 Å². The molecule has 0 aromatic heterocycles. The molecule has 0 aliphatic carbocycles. The molecule has 151 valence electrons. The summed E-state index contributed by atoms with van der Waals surface area (Å²) < 4.78 is 4.49. The Morgan fingerprint density at radius 2 is 1.00 bits per heavy atom. The molecular formula is C21H40CuO3+2. The van der Waals surface area contributed by atoms with Gasteiger partial charge in [0.05, 0.1) is 7.11 Å². The second kappa shape index (κ2) is 21.7. The number of ether oxygens (including phenoxy) is 1. The van der Waals surface area contributed by atoms with Crippen LogP contribution in [0.5, 0.6) is 0 Å². The van der Waals surface area contributed by atoms with E-state index >= 15 is 0 Å². The van der Waals surface area contributed by atoms with E-state index in [0.29, 0.717) is 6.42 Å². The van der Waals surface area contributed by atoms with E-state index in [1.54, 1.807) is 0 Å². The molecule has 0 atom stereocenters. The van der Waals surface area contributed by atoms with Crippen molar-refractivity contribution in [1.29, 1.82) is 0 Å². The van der Waals surface area contributed by atoms with Crippen LogP contribution in [0, 0.1) is 0 Å². The number of hydrogen-bond acceptors (Lipinski definition) is 3. The van der Waals surface area contributed by atoms with Crippen LogP contribution < -0.4 is 0 Å². The molecule has 0 aliphatic heterocycles. The number of unbranched alkanes of at least 4 members (excludes halogenated alkanes) is 14. The summed E-state index contributed by atoms with van der Waals surface area (Å²) in [6.07, 6.45) is 20.3. The van der Waals surface area contributed by atoms with Crippen LogP contribution >= 0.6 is 0 Å². The molecule has 0 saturated heterocycles. The fraction of sp³-hybridized carbons (Fsp3) is 0.905. The molecule has 1 radical (unpaired) electrons. The van der Waals surface area contributed by atoms with Crippen molar-refractivity contribution in [3.8, 4) is 0 Å². The Kier molecular flexibility index (Phi) is 23.3. The molecule has 0 unspecified atom stereocenters. The van der Waals surface area contributed by atoms with E-state index in [4.69, 9.17) is 0 Å². The van der Waals surface area contributed by atoms with Crippen LogP contribution in [0.4, 0.5) is 0 Å². The van der Waals surface area contributed by atoms with Crippen LogP contribution in [-0.2, 0) is 31.4 Å². The van der Waals surface area contributed by atoms with Crippen LogP contribution in [0.15, 0.2) is 0 Å². The second-order valence-electron chi connectivity index (χ2n) is 6.99. The van der Waals surface area contributed by atoms with E-state index in [1.807, 2.05) is 0 Å². The van der Waals surface area contributed by atoms with Crippen molar-refractivity contribution < 1.29 is 31.4 Å². The average molecular weight is 404 g/mol. The molecule has 0 aromatic rings. The van der Waals surface area contributed by atoms with Crippen LogP contribution in [0.1, 0.15) is 116 Å². The molecule has 0 aliphatic rings. The summed E-state index contributed by atoms with van der Waals surface area (Å²) in [5.41, 5.74) is 0. The Morgan fingerprint density at radius 3 is 1.36 bits per heavy atom. The Labute approximate surface area is 166 Å². The minimum absolute atomic E-state index is 0. The molecule has 0 saturated carbocycles. The van der Waals surface area contributed by atoms with Gasteiger partial charge in [-0.2, -0.15) is 0 Å². The maximum atomic E-state index is 11.4. The Balaban J connectivity index is 0. The molecule has 0 heterocycles. The second-order valence-corrected chi connectivity index (χ2v) is 6.99. The zero-order valence-electron chi connectivity index (χ0n) is 16.5. The molecular weight excluding hydrogens is 364 g/mol. The molecule has 3 nitrogen and oxygen atoms in total. The minimum Gasteiger partial charge on any atom is -0.469 e. The van der Waals surface area contributed by atoms with Crippen molar-refractivity contribution in [2.24, 2.45) is 0 Å². The number of methoxy groups -OCH3 is 1. The fourth-order valence-corrected chi connectivity index (χ4v) is 3.02. The quantitative estimate of drug-likeness (QED) is 0.115. The van der Waals surface area contributed by atoms with Crippen molar-refractivity contribution in [2.45, 2.75) is 116 Å². The third kappa shape index (κ3) is 21.6. The van der Waals surface area contributed by atoms with Gasteiger partial charge in [0, 0.05) is 6.42 Å². The normalized spacial score (nSPS) is 10.3. The van der Waals surface area contributed by atoms with E-state index in [-0.39, 0.29) is 29.3 Å². The number of carbonyl (C=O) groups excluding carboxylic acids is 2. The molecule has 0 fully saturated rings. The Bertz CT molecular complexity index is 306. The molecule has 0 rings (SSSR count). The minimum atomic E-state index is -0.416. The summed E-state index contributed by atoms with van der Waals surface area (Å²) in [7, 11) is 1.32. The summed E-state index contributed by atoms with van der Waals surface area (Å²) >= 11 is 0. The van der Waals surface area contributed by atoms with Crippen LogP contribution in [-0.4, -0.2) is 18.9 Å². The van der Waals surface area contributed by atoms with E-state index in [9.17, 15) is 9.59 Å². The zero-order valence-corrected chi connectivity index (χ0v) is 17.5. The molecule has 0 spiro atoms. The summed E-state index contributed by atoms with van der Waals surface area (Å²) in [6.45, 7) is 2.27. The summed E-state index contributed by atoms with van der Waals surface area (Å²) in [5, 5.41) is 0. The smallest absolute Gasteiger partial charge is 0.469 e. The summed E-state index contributed by atoms with van der Waals surface area (Å²) in [4.78, 5) is 22.4. The first-order chi connectivity index (χ1) is 11.7. The van der Waals surface area contributed by atoms with E-state index in [1.165, 1.54) is 90.6 Å². The van der Waals surface area contributed by atoms with Crippen LogP contribution in [0.3, 0.4) is 0 Å². The van der Waals surface area contributed by atoms with Gasteiger partial charge in [-0.3, -0.25) is 9.59 Å². The number of esters is 1. The monoisotopic (exact) mass is 403 g/mol. The van der Waals surface area contributed by atoms with Gasteiger partial charge in [0.2, 0.25) is 0 Å². The SMILES string of the molecule is CCCCCCCCCCCCCCCCCC(=O)CC(=O)OC.[Cu+2]. The molecule has 0 aromatic carbocycles. The van der Waals surface area contributed by atoms with Gasteiger partial charge in [-0.25, -0.2) is 0 Å². The summed E-state index contributed by atoms with van der Waals surface area (Å²) in [5.74, 6) is -0.405. The molecule has 25 heavy (non-hydrogen) atoms. The van der Waals surface area contributed by atoms with Gasteiger partial charge in [-0.15, -0.1) is 0 Å². The fourth-order valence-electron chi connectivity index (χ4n) is 3.02. The van der Waals surface area contributed by atoms with E-state index < -0.39 is 5.97 Å². The predicted molar refractivity (Wildman–Crippen MR) is 101 cm³/mol. The van der Waals surface area contributed by atoms with Gasteiger partial charge < -0.3 is 4.74 Å². The van der Waals surface area contributed by atoms with E-state index in [2.05, 4.69) is 11.7 Å². The van der Waals surface area contributed by atoms with Gasteiger partial charge >= 0.3 is 23.0 Å². The number of ketones is 1. The van der Waals surface area contributed by atoms with Crippen LogP contribution in [0.2, 0.25) is 0 Å². The Morgan fingerprint density at radius 1 is 0.640 bits per heavy atom. The third-order valence-electron chi connectivity index (χ3n) is 4.63. The molecule has 4 heteroatoms. The molecule has 0 bridgehead atoms. The largest absolute Gasteiger partial charge is 2.00 e. The van der Waals surface area contributed by atoms with Crippen LogP contribution in [0.25, 0.3) is 0 Å². The maximum Gasteiger partial charge on any atom is 2.00 e. The Hall–Kier alpha value is -0.341. The molecule has 0 N–H and O–H groups in total. The van der Waals surface area contributed by atoms with Crippen molar-refractivity contribution >= 4 is 11.8 Å². The predicted octanol–water partition coefficient (Wildman–Crippen LogP) is 6.38. The molecule has 0 amide bonds. The number of Topliss-reactive ketones (excluding diaryl/α,β-unsaturated/α-hetero) is 1. The summed E-state index contributed by atoms with van der Waals surface area (Å²) in [6, 6.07) is 0. The number of rotatable bonds is 18. The first-order valence-corrected chi connectivity index (χ1v) is 10.3. The third-order valence-corrected chi connectivity index (χ3v) is 4.63. The number of hydrogen-bond donors (Lipinski definition) is 0. The van der Waals surface area contributed by atoms with Gasteiger partial charge in [0.25, 0.3) is 0 Å². The first kappa shape index (κ1) is 26.9. The van der Waals surface area contributed by atoms with Gasteiger partial charge in [0.15, 0.2) is 0 Å².